The highest BCUT2D eigenvalue weighted by atomic mass is 35.5. The molecule has 148 valence electrons. The number of carbonyl (C=O) groups excluding carboxylic acids is 1. The Morgan fingerprint density at radius 3 is 2.62 bits per heavy atom. The van der Waals surface area contributed by atoms with Gasteiger partial charge in [0.15, 0.2) is 5.82 Å². The Hall–Kier alpha value is -2.99. The van der Waals surface area contributed by atoms with Crippen molar-refractivity contribution < 1.29 is 4.79 Å². The first-order valence-electron chi connectivity index (χ1n) is 9.67. The molecule has 1 fully saturated rings. The minimum Gasteiger partial charge on any atom is -0.355 e. The van der Waals surface area contributed by atoms with Gasteiger partial charge in [0.2, 0.25) is 5.91 Å². The summed E-state index contributed by atoms with van der Waals surface area (Å²) < 4.78 is 0. The van der Waals surface area contributed by atoms with Crippen LogP contribution in [0.3, 0.4) is 0 Å². The van der Waals surface area contributed by atoms with Gasteiger partial charge in [0, 0.05) is 47.7 Å². The van der Waals surface area contributed by atoms with Crippen molar-refractivity contribution in [3.05, 3.63) is 65.4 Å². The summed E-state index contributed by atoms with van der Waals surface area (Å²) in [5.41, 5.74) is 3.41. The van der Waals surface area contributed by atoms with E-state index in [2.05, 4.69) is 25.4 Å². The van der Waals surface area contributed by atoms with Crippen molar-refractivity contribution in [3.8, 4) is 11.3 Å². The van der Waals surface area contributed by atoms with Gasteiger partial charge in [-0.05, 0) is 61.7 Å². The van der Waals surface area contributed by atoms with Gasteiger partial charge in [0.25, 0.3) is 0 Å². The topological polar surface area (TPSA) is 71.0 Å². The van der Waals surface area contributed by atoms with Crippen LogP contribution in [0.2, 0.25) is 5.02 Å². The zero-order valence-corrected chi connectivity index (χ0v) is 16.9. The highest BCUT2D eigenvalue weighted by molar-refractivity contribution is 6.31. The number of carbonyl (C=O) groups is 1. The number of aromatic nitrogens is 3. The number of pyridine rings is 1. The Kier molecular flexibility index (Phi) is 5.71. The lowest BCUT2D eigenvalue weighted by Crippen LogP contribution is -2.38. The molecule has 3 heterocycles. The lowest BCUT2D eigenvalue weighted by Gasteiger charge is -2.32. The molecule has 0 unspecified atom stereocenters. The molecule has 1 amide bonds. The number of nitrogens with one attached hydrogen (secondary N) is 1. The van der Waals surface area contributed by atoms with Crippen molar-refractivity contribution in [2.75, 3.05) is 23.3 Å². The summed E-state index contributed by atoms with van der Waals surface area (Å²) in [6.45, 7) is 3.45. The summed E-state index contributed by atoms with van der Waals surface area (Å²) in [5.74, 6) is 0.863. The fourth-order valence-corrected chi connectivity index (χ4v) is 3.69. The maximum atomic E-state index is 12.7. The quantitative estimate of drug-likeness (QED) is 0.695. The van der Waals surface area contributed by atoms with Crippen LogP contribution in [0.25, 0.3) is 11.3 Å². The highest BCUT2D eigenvalue weighted by Crippen LogP contribution is 2.27. The Morgan fingerprint density at radius 1 is 1.10 bits per heavy atom. The monoisotopic (exact) mass is 407 g/mol. The van der Waals surface area contributed by atoms with Gasteiger partial charge in [0.05, 0.1) is 5.69 Å². The summed E-state index contributed by atoms with van der Waals surface area (Å²) in [6.07, 6.45) is 5.06. The van der Waals surface area contributed by atoms with E-state index in [0.717, 1.165) is 54.3 Å². The fraction of sp³-hybridized carbons (Fsp3) is 0.273. The predicted octanol–water partition coefficient (Wildman–Crippen LogP) is 4.36. The molecule has 1 N–H and O–H groups in total. The fourth-order valence-electron chi connectivity index (χ4n) is 3.51. The van der Waals surface area contributed by atoms with Crippen LogP contribution >= 0.6 is 11.6 Å². The molecule has 3 aromatic rings. The maximum Gasteiger partial charge on any atom is 0.227 e. The van der Waals surface area contributed by atoms with Gasteiger partial charge in [-0.25, -0.2) is 0 Å². The van der Waals surface area contributed by atoms with Crippen LogP contribution in [0.15, 0.2) is 54.9 Å². The second-order valence-corrected chi connectivity index (χ2v) is 7.59. The number of hydrogen-bond acceptors (Lipinski definition) is 5. The van der Waals surface area contributed by atoms with Gasteiger partial charge in [-0.15, -0.1) is 10.2 Å². The van der Waals surface area contributed by atoms with Gasteiger partial charge >= 0.3 is 0 Å². The van der Waals surface area contributed by atoms with E-state index in [4.69, 9.17) is 11.6 Å². The van der Waals surface area contributed by atoms with Gasteiger partial charge in [0.1, 0.15) is 0 Å². The third-order valence-corrected chi connectivity index (χ3v) is 5.73. The van der Waals surface area contributed by atoms with E-state index in [1.807, 2.05) is 49.4 Å². The largest absolute Gasteiger partial charge is 0.355 e. The molecule has 1 aliphatic rings. The zero-order chi connectivity index (χ0) is 20.2. The van der Waals surface area contributed by atoms with E-state index >= 15 is 0 Å². The number of hydrogen-bond donors (Lipinski definition) is 1. The number of amides is 1. The van der Waals surface area contributed by atoms with E-state index in [1.54, 1.807) is 12.4 Å². The second kappa shape index (κ2) is 8.57. The molecule has 6 nitrogen and oxygen atoms in total. The molecule has 0 saturated carbocycles. The molecule has 1 aromatic carbocycles. The number of piperidine rings is 1. The second-order valence-electron chi connectivity index (χ2n) is 7.18. The van der Waals surface area contributed by atoms with E-state index in [9.17, 15) is 4.79 Å². The van der Waals surface area contributed by atoms with Crippen LogP contribution in [0.4, 0.5) is 11.5 Å². The van der Waals surface area contributed by atoms with E-state index in [0.29, 0.717) is 5.02 Å². The van der Waals surface area contributed by atoms with Crippen LogP contribution in [-0.2, 0) is 4.79 Å². The van der Waals surface area contributed by atoms with Crippen molar-refractivity contribution in [3.63, 3.8) is 0 Å². The first kappa shape index (κ1) is 19.3. The van der Waals surface area contributed by atoms with Gasteiger partial charge in [-0.1, -0.05) is 17.7 Å². The summed E-state index contributed by atoms with van der Waals surface area (Å²) in [5, 5.41) is 12.4. The number of halogens is 1. The summed E-state index contributed by atoms with van der Waals surface area (Å²) >= 11 is 6.15. The Labute approximate surface area is 174 Å². The predicted molar refractivity (Wildman–Crippen MR) is 115 cm³/mol. The Bertz CT molecular complexity index is 986. The van der Waals surface area contributed by atoms with Crippen molar-refractivity contribution in [1.82, 2.24) is 15.2 Å². The Balaban J connectivity index is 1.35. The molecule has 29 heavy (non-hydrogen) atoms. The zero-order valence-electron chi connectivity index (χ0n) is 16.2. The van der Waals surface area contributed by atoms with Crippen LogP contribution in [0, 0.1) is 12.8 Å². The lowest BCUT2D eigenvalue weighted by atomic mass is 9.95. The normalized spacial score (nSPS) is 14.6. The summed E-state index contributed by atoms with van der Waals surface area (Å²) in [6, 6.07) is 13.3. The van der Waals surface area contributed by atoms with E-state index in [1.165, 1.54) is 0 Å². The first-order chi connectivity index (χ1) is 14.1. The molecule has 0 spiro atoms. The lowest BCUT2D eigenvalue weighted by molar-refractivity contribution is -0.120. The van der Waals surface area contributed by atoms with E-state index < -0.39 is 0 Å². The molecule has 0 atom stereocenters. The summed E-state index contributed by atoms with van der Waals surface area (Å²) in [4.78, 5) is 19.0. The molecule has 0 aliphatic carbocycles. The van der Waals surface area contributed by atoms with Crippen molar-refractivity contribution in [1.29, 1.82) is 0 Å². The van der Waals surface area contributed by atoms with Crippen molar-refractivity contribution in [2.24, 2.45) is 5.92 Å². The number of rotatable bonds is 4. The highest BCUT2D eigenvalue weighted by Gasteiger charge is 2.26. The molecular weight excluding hydrogens is 386 g/mol. The van der Waals surface area contributed by atoms with Crippen molar-refractivity contribution >= 4 is 29.0 Å². The van der Waals surface area contributed by atoms with Crippen LogP contribution in [0.5, 0.6) is 0 Å². The molecular formula is C22H22ClN5O. The number of nitrogens with zero attached hydrogens (tertiary/aromatic N) is 4. The van der Waals surface area contributed by atoms with Crippen LogP contribution in [0.1, 0.15) is 18.4 Å². The molecule has 7 heteroatoms. The maximum absolute atomic E-state index is 12.7. The molecule has 0 radical (unpaired) electrons. The van der Waals surface area contributed by atoms with Crippen LogP contribution in [-0.4, -0.2) is 34.2 Å². The molecule has 1 saturated heterocycles. The standard InChI is InChI=1S/C22H22ClN5O/c1-15-18(23)5-2-6-19(15)25-22(29)16-9-12-28(13-10-16)21-8-7-20(26-27-21)17-4-3-11-24-14-17/h2-8,11,14,16H,9-10,12-13H2,1H3,(H,25,29). The minimum atomic E-state index is -0.0211. The molecule has 1 aliphatic heterocycles. The van der Waals surface area contributed by atoms with Crippen LogP contribution < -0.4 is 10.2 Å². The van der Waals surface area contributed by atoms with Gasteiger partial charge < -0.3 is 10.2 Å². The van der Waals surface area contributed by atoms with Crippen molar-refractivity contribution in [2.45, 2.75) is 19.8 Å². The number of benzene rings is 1. The smallest absolute Gasteiger partial charge is 0.227 e. The van der Waals surface area contributed by atoms with Gasteiger partial charge in [-0.3, -0.25) is 9.78 Å². The number of anilines is 2. The average molecular weight is 408 g/mol. The molecule has 2 aromatic heterocycles. The SMILES string of the molecule is Cc1c(Cl)cccc1NC(=O)C1CCN(c2ccc(-c3cccnc3)nn2)CC1. The van der Waals surface area contributed by atoms with Gasteiger partial charge in [-0.2, -0.15) is 0 Å². The summed E-state index contributed by atoms with van der Waals surface area (Å²) in [7, 11) is 0. The molecule has 4 rings (SSSR count). The first-order valence-corrected chi connectivity index (χ1v) is 10.0. The average Bonchev–Trinajstić information content (AvgIpc) is 2.78. The Morgan fingerprint density at radius 2 is 1.93 bits per heavy atom. The third kappa shape index (κ3) is 4.38. The van der Waals surface area contributed by atoms with E-state index in [-0.39, 0.29) is 11.8 Å². The third-order valence-electron chi connectivity index (χ3n) is 5.32. The minimum absolute atomic E-state index is 0.0211. The molecule has 0 bridgehead atoms.